The number of rotatable bonds is 4. The van der Waals surface area contributed by atoms with E-state index in [0.717, 1.165) is 49.1 Å². The van der Waals surface area contributed by atoms with Gasteiger partial charge in [0.1, 0.15) is 11.6 Å². The largest absolute Gasteiger partial charge is 0.375 e. The third kappa shape index (κ3) is 3.79. The summed E-state index contributed by atoms with van der Waals surface area (Å²) >= 11 is 0. The Balaban J connectivity index is 1.31. The minimum Gasteiger partial charge on any atom is -0.375 e. The molecule has 0 amide bonds. The molecule has 0 aliphatic carbocycles. The third-order valence-corrected chi connectivity index (χ3v) is 6.82. The summed E-state index contributed by atoms with van der Waals surface area (Å²) in [6.45, 7) is 7.93. The number of hydrogen-bond donors (Lipinski definition) is 2. The van der Waals surface area contributed by atoms with Crippen molar-refractivity contribution in [2.24, 2.45) is 0 Å². The lowest BCUT2D eigenvalue weighted by atomic mass is 9.85. The second-order valence-corrected chi connectivity index (χ2v) is 9.57. The number of anilines is 5. The zero-order chi connectivity index (χ0) is 22.4. The highest BCUT2D eigenvalue weighted by Gasteiger charge is 2.47. The molecule has 0 radical (unpaired) electrons. The van der Waals surface area contributed by atoms with Gasteiger partial charge >= 0.3 is 0 Å². The number of fused-ring (bicyclic) bond motifs is 3. The predicted octanol–water partition coefficient (Wildman–Crippen LogP) is 3.79. The second-order valence-electron chi connectivity index (χ2n) is 9.57. The smallest absolute Gasteiger partial charge is 0.229 e. The van der Waals surface area contributed by atoms with Gasteiger partial charge < -0.3 is 19.9 Å². The fourth-order valence-electron chi connectivity index (χ4n) is 5.14. The number of benzene rings is 1. The Hall–Kier alpha value is -3.23. The first-order chi connectivity index (χ1) is 16.1. The monoisotopic (exact) mass is 443 g/mol. The molecule has 2 atom stereocenters. The van der Waals surface area contributed by atoms with Gasteiger partial charge in [0.15, 0.2) is 0 Å². The van der Waals surface area contributed by atoms with Crippen molar-refractivity contribution in [2.75, 3.05) is 41.5 Å². The minimum absolute atomic E-state index is 0.183. The Morgan fingerprint density at radius 3 is 2.76 bits per heavy atom. The molecule has 5 heterocycles. The van der Waals surface area contributed by atoms with Gasteiger partial charge in [-0.15, -0.1) is 0 Å². The van der Waals surface area contributed by atoms with Gasteiger partial charge in [0.25, 0.3) is 0 Å². The van der Waals surface area contributed by atoms with Crippen molar-refractivity contribution in [3.05, 3.63) is 60.4 Å². The third-order valence-electron chi connectivity index (χ3n) is 6.82. The highest BCUT2D eigenvalue weighted by molar-refractivity contribution is 5.69. The first-order valence-corrected chi connectivity index (χ1v) is 11.6. The second kappa shape index (κ2) is 7.97. The van der Waals surface area contributed by atoms with Crippen molar-refractivity contribution in [2.45, 2.75) is 37.8 Å². The van der Waals surface area contributed by atoms with Crippen LogP contribution in [0.4, 0.5) is 29.0 Å². The normalized spacial score (nSPS) is 23.3. The lowest BCUT2D eigenvalue weighted by Gasteiger charge is -2.40. The maximum absolute atomic E-state index is 6.17. The number of aromatic nitrogens is 3. The van der Waals surface area contributed by atoms with E-state index in [1.165, 1.54) is 5.69 Å². The number of nitrogens with zero attached hydrogens (tertiary/aromatic N) is 5. The molecule has 6 rings (SSSR count). The molecule has 170 valence electrons. The molecule has 2 aromatic heterocycles. The van der Waals surface area contributed by atoms with Gasteiger partial charge in [-0.1, -0.05) is 6.07 Å². The number of hydrogen-bond acceptors (Lipinski definition) is 8. The van der Waals surface area contributed by atoms with Crippen LogP contribution in [0.3, 0.4) is 0 Å². The van der Waals surface area contributed by atoms with Crippen molar-refractivity contribution in [3.63, 3.8) is 0 Å². The van der Waals surface area contributed by atoms with Crippen LogP contribution in [-0.2, 0) is 4.74 Å². The summed E-state index contributed by atoms with van der Waals surface area (Å²) in [7, 11) is 0. The van der Waals surface area contributed by atoms with Crippen LogP contribution in [0.1, 0.15) is 31.7 Å². The summed E-state index contributed by atoms with van der Waals surface area (Å²) in [6, 6.07) is 14.7. The lowest BCUT2D eigenvalue weighted by molar-refractivity contribution is -0.0658. The van der Waals surface area contributed by atoms with Crippen LogP contribution < -0.4 is 20.4 Å². The van der Waals surface area contributed by atoms with Gasteiger partial charge in [-0.3, -0.25) is 5.32 Å². The molecule has 2 unspecified atom stereocenters. The first kappa shape index (κ1) is 20.4. The number of nitrogens with one attached hydrogen (secondary N) is 2. The lowest BCUT2D eigenvalue weighted by Crippen LogP contribution is -2.45. The van der Waals surface area contributed by atoms with Crippen LogP contribution in [0, 0.1) is 0 Å². The Morgan fingerprint density at radius 1 is 1.12 bits per heavy atom. The maximum atomic E-state index is 6.17. The molecule has 3 aromatic rings. The standard InChI is InChI=1S/C25H29N7O/c1-25(2)13-21-20(15-33-25)19-14-28-24(30-23(19)32(21)22-5-3-4-10-27-22)29-17-6-8-18(9-7-17)31-12-11-26-16-31/h3-10,14,20-21,26H,11-13,15-16H2,1-2H3,(H,28,29,30). The Kier molecular flexibility index (Phi) is 4.92. The number of ether oxygens (including phenoxy) is 1. The molecule has 2 N–H and O–H groups in total. The van der Waals surface area contributed by atoms with Gasteiger partial charge in [0.2, 0.25) is 5.95 Å². The summed E-state index contributed by atoms with van der Waals surface area (Å²) in [5.41, 5.74) is 3.13. The first-order valence-electron chi connectivity index (χ1n) is 11.6. The molecule has 8 heteroatoms. The van der Waals surface area contributed by atoms with Crippen molar-refractivity contribution in [1.82, 2.24) is 20.3 Å². The van der Waals surface area contributed by atoms with E-state index in [4.69, 9.17) is 9.72 Å². The molecule has 0 saturated carbocycles. The fourth-order valence-corrected chi connectivity index (χ4v) is 5.14. The summed E-state index contributed by atoms with van der Waals surface area (Å²) < 4.78 is 6.17. The van der Waals surface area contributed by atoms with E-state index >= 15 is 0 Å². The van der Waals surface area contributed by atoms with Gasteiger partial charge in [0, 0.05) is 54.4 Å². The molecule has 1 aromatic carbocycles. The summed E-state index contributed by atoms with van der Waals surface area (Å²) in [4.78, 5) is 18.9. The van der Waals surface area contributed by atoms with Crippen molar-refractivity contribution in [1.29, 1.82) is 0 Å². The van der Waals surface area contributed by atoms with Crippen LogP contribution in [0.2, 0.25) is 0 Å². The van der Waals surface area contributed by atoms with Gasteiger partial charge in [-0.2, -0.15) is 4.98 Å². The van der Waals surface area contributed by atoms with Crippen molar-refractivity contribution >= 4 is 29.0 Å². The van der Waals surface area contributed by atoms with Gasteiger partial charge in [-0.25, -0.2) is 9.97 Å². The molecule has 2 fully saturated rings. The number of pyridine rings is 1. The highest BCUT2D eigenvalue weighted by Crippen LogP contribution is 2.49. The van der Waals surface area contributed by atoms with Crippen LogP contribution >= 0.6 is 0 Å². The zero-order valence-electron chi connectivity index (χ0n) is 19.0. The molecule has 0 bridgehead atoms. The fraction of sp³-hybridized carbons (Fsp3) is 0.400. The molecule has 2 saturated heterocycles. The van der Waals surface area contributed by atoms with E-state index in [2.05, 4.69) is 74.6 Å². The van der Waals surface area contributed by atoms with Gasteiger partial charge in [0.05, 0.1) is 18.9 Å². The van der Waals surface area contributed by atoms with E-state index in [9.17, 15) is 0 Å². The van der Waals surface area contributed by atoms with Crippen LogP contribution in [0.15, 0.2) is 54.9 Å². The van der Waals surface area contributed by atoms with Gasteiger partial charge in [-0.05, 0) is 56.7 Å². The molecule has 0 spiro atoms. The molecular formula is C25H29N7O. The summed E-state index contributed by atoms with van der Waals surface area (Å²) in [5, 5.41) is 6.75. The molecule has 8 nitrogen and oxygen atoms in total. The van der Waals surface area contributed by atoms with Crippen LogP contribution in [0.5, 0.6) is 0 Å². The maximum Gasteiger partial charge on any atom is 0.229 e. The van der Waals surface area contributed by atoms with Crippen molar-refractivity contribution in [3.8, 4) is 0 Å². The van der Waals surface area contributed by atoms with E-state index in [0.29, 0.717) is 12.6 Å². The summed E-state index contributed by atoms with van der Waals surface area (Å²) in [6.07, 6.45) is 4.70. The molecule has 33 heavy (non-hydrogen) atoms. The Labute approximate surface area is 194 Å². The van der Waals surface area contributed by atoms with E-state index < -0.39 is 0 Å². The molecule has 3 aliphatic heterocycles. The topological polar surface area (TPSA) is 78.4 Å². The Morgan fingerprint density at radius 2 is 2.00 bits per heavy atom. The highest BCUT2D eigenvalue weighted by atomic mass is 16.5. The van der Waals surface area contributed by atoms with E-state index in [1.807, 2.05) is 24.5 Å². The van der Waals surface area contributed by atoms with Crippen LogP contribution in [-0.4, -0.2) is 53.0 Å². The Bertz CT molecular complexity index is 1130. The van der Waals surface area contributed by atoms with Crippen molar-refractivity contribution < 1.29 is 4.74 Å². The quantitative estimate of drug-likeness (QED) is 0.631. The average molecular weight is 444 g/mol. The predicted molar refractivity (Wildman–Crippen MR) is 130 cm³/mol. The summed E-state index contributed by atoms with van der Waals surface area (Å²) in [5.74, 6) is 2.65. The minimum atomic E-state index is -0.183. The molecular weight excluding hydrogens is 414 g/mol. The van der Waals surface area contributed by atoms with E-state index in [-0.39, 0.29) is 17.6 Å². The van der Waals surface area contributed by atoms with Crippen LogP contribution in [0.25, 0.3) is 0 Å². The average Bonchev–Trinajstić information content (AvgIpc) is 3.45. The molecule has 3 aliphatic rings. The van der Waals surface area contributed by atoms with E-state index in [1.54, 1.807) is 0 Å². The SMILES string of the molecule is CC1(C)CC2C(CO1)c1cnc(Nc3ccc(N4CCNC4)cc3)nc1N2c1ccccn1. The zero-order valence-corrected chi connectivity index (χ0v) is 19.0.